The van der Waals surface area contributed by atoms with Gasteiger partial charge in [0.1, 0.15) is 0 Å². The maximum atomic E-state index is 11.0. The second-order valence-electron chi connectivity index (χ2n) is 3.90. The summed E-state index contributed by atoms with van der Waals surface area (Å²) in [5.74, 6) is 0.455. The number of esters is 1. The van der Waals surface area contributed by atoms with Crippen molar-refractivity contribution in [2.24, 2.45) is 5.10 Å². The van der Waals surface area contributed by atoms with E-state index in [2.05, 4.69) is 20.6 Å². The molecule has 0 fully saturated rings. The Bertz CT molecular complexity index is 667. The second kappa shape index (κ2) is 6.46. The molecule has 0 aliphatic carbocycles. The molecule has 0 spiro atoms. The molecular formula is C12H14N6O3. The van der Waals surface area contributed by atoms with Gasteiger partial charge in [-0.05, 0) is 41.1 Å². The minimum atomic E-state index is -0.418. The molecule has 0 aliphatic heterocycles. The molecule has 1 aromatic carbocycles. The van der Waals surface area contributed by atoms with Crippen LogP contribution in [0.3, 0.4) is 0 Å². The van der Waals surface area contributed by atoms with Crippen LogP contribution in [0.15, 0.2) is 23.3 Å². The molecule has 21 heavy (non-hydrogen) atoms. The lowest BCUT2D eigenvalue weighted by molar-refractivity contribution is -0.132. The van der Waals surface area contributed by atoms with Crippen molar-refractivity contribution in [1.82, 2.24) is 20.3 Å². The molecule has 2 aromatic rings. The van der Waals surface area contributed by atoms with E-state index in [1.165, 1.54) is 13.1 Å². The van der Waals surface area contributed by atoms with Crippen molar-refractivity contribution in [3.63, 3.8) is 0 Å². The highest BCUT2D eigenvalue weighted by Crippen LogP contribution is 2.28. The number of carbonyl (C=O) groups is 1. The van der Waals surface area contributed by atoms with Crippen molar-refractivity contribution >= 4 is 18.1 Å². The van der Waals surface area contributed by atoms with Crippen LogP contribution in [0.4, 0.5) is 5.95 Å². The Morgan fingerprint density at radius 1 is 1.48 bits per heavy atom. The molecule has 0 unspecified atom stereocenters. The van der Waals surface area contributed by atoms with Crippen LogP contribution >= 0.6 is 0 Å². The Morgan fingerprint density at radius 2 is 2.29 bits per heavy atom. The fourth-order valence-corrected chi connectivity index (χ4v) is 1.51. The maximum Gasteiger partial charge on any atom is 0.308 e. The lowest BCUT2D eigenvalue weighted by Crippen LogP contribution is -2.05. The summed E-state index contributed by atoms with van der Waals surface area (Å²) in [7, 11) is 0. The summed E-state index contributed by atoms with van der Waals surface area (Å²) in [6.07, 6.45) is 1.51. The number of nitrogens with zero attached hydrogens (tertiary/aromatic N) is 5. The number of nitrogens with two attached hydrogens (primary N) is 1. The quantitative estimate of drug-likeness (QED) is 0.483. The van der Waals surface area contributed by atoms with E-state index < -0.39 is 5.97 Å². The molecule has 0 saturated heterocycles. The number of hydrogen-bond acceptors (Lipinski definition) is 8. The lowest BCUT2D eigenvalue weighted by atomic mass is 10.2. The molecule has 0 atom stereocenters. The van der Waals surface area contributed by atoms with Crippen molar-refractivity contribution in [3.8, 4) is 11.5 Å². The second-order valence-corrected chi connectivity index (χ2v) is 3.90. The van der Waals surface area contributed by atoms with E-state index in [1.807, 2.05) is 6.92 Å². The molecule has 1 heterocycles. The van der Waals surface area contributed by atoms with E-state index >= 15 is 0 Å². The first-order chi connectivity index (χ1) is 10.1. The lowest BCUT2D eigenvalue weighted by Gasteiger charge is -2.09. The van der Waals surface area contributed by atoms with Gasteiger partial charge in [-0.25, -0.2) is 0 Å². The summed E-state index contributed by atoms with van der Waals surface area (Å²) >= 11 is 0. The number of benzene rings is 1. The largest absolute Gasteiger partial charge is 0.490 e. The third-order valence-corrected chi connectivity index (χ3v) is 2.31. The van der Waals surface area contributed by atoms with Crippen LogP contribution in [0.25, 0.3) is 0 Å². The first-order valence-corrected chi connectivity index (χ1v) is 6.13. The van der Waals surface area contributed by atoms with Crippen molar-refractivity contribution in [3.05, 3.63) is 23.8 Å². The van der Waals surface area contributed by atoms with Gasteiger partial charge in [-0.3, -0.25) is 4.79 Å². The highest BCUT2D eigenvalue weighted by Gasteiger charge is 2.08. The van der Waals surface area contributed by atoms with Crippen molar-refractivity contribution in [2.45, 2.75) is 13.8 Å². The SMILES string of the molecule is CCOc1cc(/C=N/n2nnnc2N)ccc1OC(C)=O. The molecule has 1 aromatic heterocycles. The van der Waals surface area contributed by atoms with E-state index in [1.54, 1.807) is 18.2 Å². The van der Waals surface area contributed by atoms with E-state index in [0.717, 1.165) is 4.79 Å². The maximum absolute atomic E-state index is 11.0. The van der Waals surface area contributed by atoms with E-state index in [9.17, 15) is 4.79 Å². The predicted molar refractivity (Wildman–Crippen MR) is 74.1 cm³/mol. The van der Waals surface area contributed by atoms with Gasteiger partial charge in [-0.15, -0.1) is 0 Å². The summed E-state index contributed by atoms with van der Waals surface area (Å²) < 4.78 is 10.5. The summed E-state index contributed by atoms with van der Waals surface area (Å²) in [4.78, 5) is 12.1. The molecule has 110 valence electrons. The summed E-state index contributed by atoms with van der Waals surface area (Å²) in [6.45, 7) is 3.60. The fourth-order valence-electron chi connectivity index (χ4n) is 1.51. The highest BCUT2D eigenvalue weighted by atomic mass is 16.6. The monoisotopic (exact) mass is 290 g/mol. The first kappa shape index (κ1) is 14.4. The first-order valence-electron chi connectivity index (χ1n) is 6.13. The Hall–Kier alpha value is -2.97. The van der Waals surface area contributed by atoms with Gasteiger partial charge in [-0.2, -0.15) is 5.10 Å². The molecular weight excluding hydrogens is 276 g/mol. The third-order valence-electron chi connectivity index (χ3n) is 2.31. The summed E-state index contributed by atoms with van der Waals surface area (Å²) in [5.41, 5.74) is 6.20. The van der Waals surface area contributed by atoms with Crippen LogP contribution < -0.4 is 15.2 Å². The Balaban J connectivity index is 2.25. The fraction of sp³-hybridized carbons (Fsp3) is 0.250. The molecule has 0 radical (unpaired) electrons. The zero-order chi connectivity index (χ0) is 15.2. The number of carbonyl (C=O) groups excluding carboxylic acids is 1. The van der Waals surface area contributed by atoms with Gasteiger partial charge in [0, 0.05) is 6.92 Å². The minimum absolute atomic E-state index is 0.0767. The molecule has 2 rings (SSSR count). The van der Waals surface area contributed by atoms with Crippen LogP contribution in [0.5, 0.6) is 11.5 Å². The third kappa shape index (κ3) is 3.75. The van der Waals surface area contributed by atoms with Crippen LogP contribution in [0.1, 0.15) is 19.4 Å². The topological polar surface area (TPSA) is 118 Å². The van der Waals surface area contributed by atoms with Gasteiger partial charge in [-0.1, -0.05) is 9.89 Å². The highest BCUT2D eigenvalue weighted by molar-refractivity contribution is 5.81. The van der Waals surface area contributed by atoms with Gasteiger partial charge in [0.15, 0.2) is 11.5 Å². The van der Waals surface area contributed by atoms with Crippen LogP contribution in [0, 0.1) is 0 Å². The number of rotatable bonds is 5. The van der Waals surface area contributed by atoms with Crippen molar-refractivity contribution in [1.29, 1.82) is 0 Å². The number of aromatic nitrogens is 4. The number of hydrogen-bond donors (Lipinski definition) is 1. The molecule has 0 amide bonds. The number of anilines is 1. The zero-order valence-corrected chi connectivity index (χ0v) is 11.6. The van der Waals surface area contributed by atoms with Crippen LogP contribution in [0.2, 0.25) is 0 Å². The number of nitrogen functional groups attached to an aromatic ring is 1. The number of tetrazole rings is 1. The number of ether oxygens (including phenoxy) is 2. The molecule has 2 N–H and O–H groups in total. The molecule has 0 bridgehead atoms. The van der Waals surface area contributed by atoms with Crippen molar-refractivity contribution in [2.75, 3.05) is 12.3 Å². The normalized spacial score (nSPS) is 10.8. The smallest absolute Gasteiger partial charge is 0.308 e. The average molecular weight is 290 g/mol. The predicted octanol–water partition coefficient (Wildman–Crippen LogP) is 0.461. The molecule has 0 aliphatic rings. The van der Waals surface area contributed by atoms with Crippen molar-refractivity contribution < 1.29 is 14.3 Å². The summed E-state index contributed by atoms with van der Waals surface area (Å²) in [5, 5.41) is 14.4. The van der Waals surface area contributed by atoms with Crippen LogP contribution in [-0.4, -0.2) is 39.1 Å². The van der Waals surface area contributed by atoms with Crippen LogP contribution in [-0.2, 0) is 4.79 Å². The molecule has 9 heteroatoms. The minimum Gasteiger partial charge on any atom is -0.490 e. The Morgan fingerprint density at radius 3 is 2.90 bits per heavy atom. The molecule has 9 nitrogen and oxygen atoms in total. The van der Waals surface area contributed by atoms with Gasteiger partial charge in [0.2, 0.25) is 0 Å². The van der Waals surface area contributed by atoms with E-state index in [4.69, 9.17) is 15.2 Å². The Kier molecular flexibility index (Phi) is 4.44. The van der Waals surface area contributed by atoms with E-state index in [-0.39, 0.29) is 5.95 Å². The standard InChI is InChI=1S/C12H14N6O3/c1-3-20-11-6-9(4-5-10(11)21-8(2)19)7-14-18-12(13)15-16-17-18/h4-7H,3H2,1-2H3,(H2,13,15,17)/b14-7+. The zero-order valence-electron chi connectivity index (χ0n) is 11.6. The average Bonchev–Trinajstić information content (AvgIpc) is 2.84. The van der Waals surface area contributed by atoms with Gasteiger partial charge < -0.3 is 15.2 Å². The van der Waals surface area contributed by atoms with E-state index in [0.29, 0.717) is 23.7 Å². The Labute approximate surface area is 120 Å². The molecule has 0 saturated carbocycles. The summed E-state index contributed by atoms with van der Waals surface area (Å²) in [6, 6.07) is 5.02. The van der Waals surface area contributed by atoms with Gasteiger partial charge >= 0.3 is 5.97 Å². The van der Waals surface area contributed by atoms with Gasteiger partial charge in [0.05, 0.1) is 12.8 Å². The van der Waals surface area contributed by atoms with Gasteiger partial charge in [0.25, 0.3) is 5.95 Å².